The predicted molar refractivity (Wildman–Crippen MR) is 157 cm³/mol. The maximum atomic E-state index is 6.45. The van der Waals surface area contributed by atoms with Crippen LogP contribution in [0.3, 0.4) is 0 Å². The van der Waals surface area contributed by atoms with Crippen molar-refractivity contribution < 1.29 is 4.74 Å². The van der Waals surface area contributed by atoms with Crippen LogP contribution in [0, 0.1) is 6.92 Å². The Morgan fingerprint density at radius 3 is 1.87 bits per heavy atom. The summed E-state index contributed by atoms with van der Waals surface area (Å²) in [6.45, 7) is 2.00. The summed E-state index contributed by atoms with van der Waals surface area (Å²) in [7, 11) is -2.71. The molecule has 0 unspecified atom stereocenters. The molecule has 2 heterocycles. The van der Waals surface area contributed by atoms with Crippen molar-refractivity contribution in [3.63, 3.8) is 0 Å². The molecule has 6 rings (SSSR count). The van der Waals surface area contributed by atoms with Crippen molar-refractivity contribution in [2.75, 3.05) is 0 Å². The summed E-state index contributed by atoms with van der Waals surface area (Å²) in [4.78, 5) is 4.95. The first kappa shape index (κ1) is 23.6. The molecule has 0 atom stereocenters. The SMILES string of the molecule is Cc1cc(-c2cccc(Oc3cccc([Si](c4ccccc4)(c4ccccc4)c4ccccn4)c3)c2)n[nH]1. The minimum Gasteiger partial charge on any atom is -0.457 e. The smallest absolute Gasteiger partial charge is 0.201 e. The third-order valence-electron chi connectivity index (χ3n) is 6.80. The number of pyridine rings is 1. The molecule has 0 saturated heterocycles. The Morgan fingerprint density at radius 2 is 1.24 bits per heavy atom. The van der Waals surface area contributed by atoms with Crippen molar-refractivity contribution in [1.29, 1.82) is 0 Å². The van der Waals surface area contributed by atoms with Crippen molar-refractivity contribution in [3.8, 4) is 22.8 Å². The summed E-state index contributed by atoms with van der Waals surface area (Å²) in [5, 5.41) is 12.3. The van der Waals surface area contributed by atoms with Crippen molar-refractivity contribution in [2.24, 2.45) is 0 Å². The van der Waals surface area contributed by atoms with Crippen LogP contribution in [0.5, 0.6) is 11.5 Å². The second kappa shape index (κ2) is 10.3. The topological polar surface area (TPSA) is 50.8 Å². The molecule has 0 radical (unpaired) electrons. The van der Waals surface area contributed by atoms with E-state index in [0.717, 1.165) is 33.8 Å². The van der Waals surface area contributed by atoms with E-state index in [0.29, 0.717) is 0 Å². The molecule has 2 aromatic heterocycles. The third-order valence-corrected chi connectivity index (χ3v) is 11.4. The molecule has 38 heavy (non-hydrogen) atoms. The van der Waals surface area contributed by atoms with Crippen molar-refractivity contribution >= 4 is 29.0 Å². The highest BCUT2D eigenvalue weighted by Gasteiger charge is 2.43. The Labute approximate surface area is 223 Å². The van der Waals surface area contributed by atoms with E-state index >= 15 is 0 Å². The van der Waals surface area contributed by atoms with Crippen LogP contribution in [0.15, 0.2) is 140 Å². The molecule has 0 aliphatic carbocycles. The van der Waals surface area contributed by atoms with Gasteiger partial charge in [-0.2, -0.15) is 5.10 Å². The first-order valence-corrected chi connectivity index (χ1v) is 14.7. The maximum Gasteiger partial charge on any atom is 0.201 e. The van der Waals surface area contributed by atoms with Gasteiger partial charge in [0, 0.05) is 22.8 Å². The Hall–Kier alpha value is -4.74. The number of aromatic amines is 1. The summed E-state index contributed by atoms with van der Waals surface area (Å²) < 4.78 is 6.45. The number of ether oxygens (including phenoxy) is 1. The monoisotopic (exact) mass is 509 g/mol. The van der Waals surface area contributed by atoms with E-state index < -0.39 is 8.07 Å². The van der Waals surface area contributed by atoms with Gasteiger partial charge in [-0.25, -0.2) is 0 Å². The Bertz CT molecular complexity index is 1550. The number of benzene rings is 4. The molecule has 184 valence electrons. The average Bonchev–Trinajstić information content (AvgIpc) is 3.42. The van der Waals surface area contributed by atoms with Gasteiger partial charge in [0.05, 0.1) is 5.69 Å². The molecule has 0 aliphatic rings. The van der Waals surface area contributed by atoms with E-state index in [2.05, 4.69) is 101 Å². The number of nitrogens with one attached hydrogen (secondary N) is 1. The molecule has 4 aromatic carbocycles. The number of nitrogens with zero attached hydrogens (tertiary/aromatic N) is 2. The first-order chi connectivity index (χ1) is 18.7. The van der Waals surface area contributed by atoms with E-state index in [1.807, 2.05) is 55.6 Å². The van der Waals surface area contributed by atoms with Gasteiger partial charge in [-0.05, 0) is 64.9 Å². The fourth-order valence-corrected chi connectivity index (χ4v) is 9.71. The molecule has 6 aromatic rings. The average molecular weight is 510 g/mol. The lowest BCUT2D eigenvalue weighted by atomic mass is 10.1. The number of hydrogen-bond acceptors (Lipinski definition) is 3. The number of hydrogen-bond donors (Lipinski definition) is 1. The van der Waals surface area contributed by atoms with Crippen molar-refractivity contribution in [3.05, 3.63) is 145 Å². The van der Waals surface area contributed by atoms with Gasteiger partial charge < -0.3 is 4.74 Å². The number of rotatable bonds is 7. The Balaban J connectivity index is 1.49. The lowest BCUT2D eigenvalue weighted by Crippen LogP contribution is -2.75. The van der Waals surface area contributed by atoms with Gasteiger partial charge in [0.15, 0.2) is 0 Å². The van der Waals surface area contributed by atoms with Crippen LogP contribution in [0.4, 0.5) is 0 Å². The summed E-state index contributed by atoms with van der Waals surface area (Å²) in [6.07, 6.45) is 1.89. The Morgan fingerprint density at radius 1 is 0.605 bits per heavy atom. The normalized spacial score (nSPS) is 11.3. The van der Waals surface area contributed by atoms with E-state index in [9.17, 15) is 0 Å². The molecule has 0 saturated carbocycles. The molecule has 0 fully saturated rings. The van der Waals surface area contributed by atoms with Crippen molar-refractivity contribution in [1.82, 2.24) is 15.2 Å². The number of aromatic nitrogens is 3. The van der Waals surface area contributed by atoms with Gasteiger partial charge in [0.1, 0.15) is 11.5 Å². The molecule has 1 N–H and O–H groups in total. The van der Waals surface area contributed by atoms with Gasteiger partial charge >= 0.3 is 0 Å². The molecule has 0 spiro atoms. The molecule has 0 bridgehead atoms. The summed E-state index contributed by atoms with van der Waals surface area (Å²) in [5.74, 6) is 1.56. The quantitative estimate of drug-likeness (QED) is 0.245. The van der Waals surface area contributed by atoms with Crippen LogP contribution in [0.1, 0.15) is 5.69 Å². The van der Waals surface area contributed by atoms with Crippen LogP contribution < -0.4 is 25.6 Å². The summed E-state index contributed by atoms with van der Waals surface area (Å²) >= 11 is 0. The minimum atomic E-state index is -2.71. The lowest BCUT2D eigenvalue weighted by Gasteiger charge is -2.33. The van der Waals surface area contributed by atoms with Gasteiger partial charge in [-0.15, -0.1) is 0 Å². The predicted octanol–water partition coefficient (Wildman–Crippen LogP) is 4.95. The highest BCUT2D eigenvalue weighted by atomic mass is 28.3. The van der Waals surface area contributed by atoms with Gasteiger partial charge in [0.2, 0.25) is 8.07 Å². The van der Waals surface area contributed by atoms with Crippen LogP contribution in [0.2, 0.25) is 0 Å². The fraction of sp³-hybridized carbons (Fsp3) is 0.0303. The van der Waals surface area contributed by atoms with Crippen LogP contribution in [-0.2, 0) is 0 Å². The first-order valence-electron chi connectivity index (χ1n) is 12.7. The van der Waals surface area contributed by atoms with Gasteiger partial charge in [0.25, 0.3) is 0 Å². The lowest BCUT2D eigenvalue weighted by molar-refractivity contribution is 0.483. The number of H-pyrrole nitrogens is 1. The zero-order valence-electron chi connectivity index (χ0n) is 21.1. The second-order valence-corrected chi connectivity index (χ2v) is 13.0. The third kappa shape index (κ3) is 4.44. The zero-order valence-corrected chi connectivity index (χ0v) is 22.1. The number of aryl methyl sites for hydroxylation is 1. The van der Waals surface area contributed by atoms with Crippen molar-refractivity contribution in [2.45, 2.75) is 6.92 Å². The molecule has 4 nitrogen and oxygen atoms in total. The zero-order chi connectivity index (χ0) is 25.8. The summed E-state index contributed by atoms with van der Waals surface area (Å²) in [5.41, 5.74) is 2.93. The van der Waals surface area contributed by atoms with E-state index in [-0.39, 0.29) is 0 Å². The van der Waals surface area contributed by atoms with Crippen LogP contribution in [0.25, 0.3) is 11.3 Å². The molecule has 0 aliphatic heterocycles. The van der Waals surface area contributed by atoms with E-state index in [1.165, 1.54) is 15.6 Å². The van der Waals surface area contributed by atoms with E-state index in [4.69, 9.17) is 9.72 Å². The molecule has 0 amide bonds. The van der Waals surface area contributed by atoms with Gasteiger partial charge in [-0.1, -0.05) is 91.0 Å². The van der Waals surface area contributed by atoms with Crippen LogP contribution >= 0.6 is 0 Å². The maximum absolute atomic E-state index is 6.45. The molecular formula is C33H27N3OSi. The molecular weight excluding hydrogens is 482 g/mol. The fourth-order valence-electron chi connectivity index (χ4n) is 5.12. The standard InChI is InChI=1S/C33H27N3OSi/c1-25-22-32(36-35-25)26-12-10-13-27(23-26)37-28-14-11-19-31(24-28)38(29-15-4-2-5-16-29,30-17-6-3-7-18-30)33-20-8-9-21-34-33/h2-24H,1H3,(H,35,36). The molecule has 5 heteroatoms. The van der Waals surface area contributed by atoms with Gasteiger partial charge in [-0.3, -0.25) is 10.1 Å². The summed E-state index contributed by atoms with van der Waals surface area (Å²) in [6, 6.07) is 46.4. The highest BCUT2D eigenvalue weighted by molar-refractivity contribution is 7.19. The van der Waals surface area contributed by atoms with Crippen LogP contribution in [-0.4, -0.2) is 23.3 Å². The second-order valence-electron chi connectivity index (χ2n) is 9.29. The highest BCUT2D eigenvalue weighted by Crippen LogP contribution is 2.27. The Kier molecular flexibility index (Phi) is 6.42. The minimum absolute atomic E-state index is 0.768. The largest absolute Gasteiger partial charge is 0.457 e. The van der Waals surface area contributed by atoms with E-state index in [1.54, 1.807) is 0 Å².